The Morgan fingerprint density at radius 1 is 0.210 bits per heavy atom. The third kappa shape index (κ3) is 13.2. The van der Waals surface area contributed by atoms with Gasteiger partial charge in [0.25, 0.3) is 6.71 Å². The first kappa shape index (κ1) is 76.5. The van der Waals surface area contributed by atoms with E-state index < -0.39 is 0 Å². The summed E-state index contributed by atoms with van der Waals surface area (Å²) in [6.45, 7) is 42.2. The molecule has 0 radical (unpaired) electrons. The fourth-order valence-corrected chi connectivity index (χ4v) is 18.9. The van der Waals surface area contributed by atoms with Crippen LogP contribution in [-0.2, 0) is 32.5 Å². The van der Waals surface area contributed by atoms with E-state index in [0.29, 0.717) is 0 Å². The minimum absolute atomic E-state index is 0.0812. The Morgan fingerprint density at radius 2 is 0.571 bits per heavy atom. The molecule has 17 aromatic rings. The Hall–Kier alpha value is -12.4. The van der Waals surface area contributed by atoms with Gasteiger partial charge in [-0.3, -0.25) is 0 Å². The first-order chi connectivity index (χ1) is 56.8. The van der Waals surface area contributed by atoms with Crippen LogP contribution in [0, 0.1) is 0 Å². The molecule has 2 aliphatic heterocycles. The van der Waals surface area contributed by atoms with Crippen LogP contribution in [0.4, 0.5) is 34.1 Å². The van der Waals surface area contributed by atoms with Gasteiger partial charge in [-0.25, -0.2) is 0 Å². The van der Waals surface area contributed by atoms with Crippen molar-refractivity contribution in [1.29, 1.82) is 0 Å². The fraction of sp³-hybridized carbons (Fsp3) is 0.211. The normalized spacial score (nSPS) is 13.2. The Kier molecular flexibility index (Phi) is 18.1. The van der Waals surface area contributed by atoms with Gasteiger partial charge in [-0.15, -0.1) is 0 Å². The van der Waals surface area contributed by atoms with E-state index in [1.807, 2.05) is 0 Å². The Bertz CT molecular complexity index is 6650. The number of hydrogen-bond donors (Lipinski definition) is 0. The SMILES string of the molecule is CC(C)(C)c1cc(-c2ccc3c(c2)N(c2c(-c4ccccc4)cc(C(C)(C)C)cc2-c2ccccc2)c2cc(-c4cccc5c4c4ccccc4n5-c4ccccc4)cc4c2B3c2ccc(-n3c5ccc(C(C)(C)C)cc5c5cc(C(C)(C)C)ccc53)cc2N4c2c(-c3ccccc3)cc(C(C)(C)C)cc2-c2ccccc2)cc(C(C)(C)C)c1. The van der Waals surface area contributed by atoms with Crippen molar-refractivity contribution in [2.24, 2.45) is 0 Å². The summed E-state index contributed by atoms with van der Waals surface area (Å²) in [5, 5.41) is 4.90. The van der Waals surface area contributed by atoms with Gasteiger partial charge in [-0.05, 0) is 230 Å². The van der Waals surface area contributed by atoms with Crippen molar-refractivity contribution >= 4 is 101 Å². The molecule has 2 aromatic heterocycles. The monoisotopic (exact) mass is 1540 g/mol. The van der Waals surface area contributed by atoms with Crippen LogP contribution in [0.3, 0.4) is 0 Å². The van der Waals surface area contributed by atoms with E-state index in [4.69, 9.17) is 0 Å². The van der Waals surface area contributed by atoms with E-state index in [0.717, 1.165) is 112 Å². The van der Waals surface area contributed by atoms with E-state index in [1.54, 1.807) is 0 Å². The second-order valence-electron chi connectivity index (χ2n) is 39.8. The maximum Gasteiger partial charge on any atom is 0.252 e. The number of fused-ring (bicyclic) bond motifs is 10. The number of benzene rings is 15. The molecule has 2 aliphatic rings. The maximum absolute atomic E-state index is 2.77. The van der Waals surface area contributed by atoms with Crippen molar-refractivity contribution in [3.63, 3.8) is 0 Å². The summed E-state index contributed by atoms with van der Waals surface area (Å²) >= 11 is 0. The molecule has 19 rings (SSSR count). The molecule has 586 valence electrons. The number of nitrogens with zero attached hydrogens (tertiary/aromatic N) is 4. The molecule has 0 unspecified atom stereocenters. The summed E-state index contributed by atoms with van der Waals surface area (Å²) in [4.78, 5) is 5.54. The van der Waals surface area contributed by atoms with Gasteiger partial charge >= 0.3 is 0 Å². The molecule has 0 saturated carbocycles. The Labute approximate surface area is 705 Å². The lowest BCUT2D eigenvalue weighted by Gasteiger charge is -2.46. The lowest BCUT2D eigenvalue weighted by Crippen LogP contribution is -2.61. The zero-order valence-corrected chi connectivity index (χ0v) is 72.5. The molecule has 0 spiro atoms. The molecule has 0 bridgehead atoms. The predicted molar refractivity (Wildman–Crippen MR) is 514 cm³/mol. The van der Waals surface area contributed by atoms with E-state index in [9.17, 15) is 0 Å². The summed E-state index contributed by atoms with van der Waals surface area (Å²) in [5.74, 6) is 0. The lowest BCUT2D eigenvalue weighted by molar-refractivity contribution is 0.569. The van der Waals surface area contributed by atoms with E-state index >= 15 is 0 Å². The zero-order chi connectivity index (χ0) is 82.7. The number of rotatable bonds is 10. The zero-order valence-electron chi connectivity index (χ0n) is 72.5. The second kappa shape index (κ2) is 28.1. The molecule has 15 aromatic carbocycles. The average molecular weight is 1540 g/mol. The van der Waals surface area contributed by atoms with Crippen molar-refractivity contribution in [3.8, 4) is 78.1 Å². The fourth-order valence-electron chi connectivity index (χ4n) is 18.9. The molecule has 4 heterocycles. The highest BCUT2D eigenvalue weighted by molar-refractivity contribution is 7.00. The summed E-state index contributed by atoms with van der Waals surface area (Å²) in [6.07, 6.45) is 0. The van der Waals surface area contributed by atoms with Crippen molar-refractivity contribution < 1.29 is 0 Å². The van der Waals surface area contributed by atoms with Crippen molar-refractivity contribution in [2.45, 2.75) is 157 Å². The largest absolute Gasteiger partial charge is 0.310 e. The number of anilines is 6. The van der Waals surface area contributed by atoms with Gasteiger partial charge in [-0.1, -0.05) is 343 Å². The van der Waals surface area contributed by atoms with Crippen molar-refractivity contribution in [2.75, 3.05) is 9.80 Å². The molecule has 0 N–H and O–H groups in total. The smallest absolute Gasteiger partial charge is 0.252 e. The highest BCUT2D eigenvalue weighted by Crippen LogP contribution is 2.57. The quantitative estimate of drug-likeness (QED) is 0.127. The van der Waals surface area contributed by atoms with Crippen LogP contribution in [0.25, 0.3) is 122 Å². The highest BCUT2D eigenvalue weighted by Gasteiger charge is 2.47. The van der Waals surface area contributed by atoms with Gasteiger partial charge in [0.05, 0.1) is 33.4 Å². The first-order valence-electron chi connectivity index (χ1n) is 42.8. The molecule has 0 amide bonds. The van der Waals surface area contributed by atoms with Crippen LogP contribution in [0.5, 0.6) is 0 Å². The average Bonchev–Trinajstić information content (AvgIpc) is 0.828. The Balaban J connectivity index is 1.04. The van der Waals surface area contributed by atoms with E-state index in [2.05, 4.69) is 465 Å². The summed E-state index contributed by atoms with van der Waals surface area (Å²) < 4.78 is 5.06. The molecule has 0 atom stereocenters. The Morgan fingerprint density at radius 3 is 1.01 bits per heavy atom. The molecular formula is C114H107BN4. The number of aromatic nitrogens is 2. The van der Waals surface area contributed by atoms with Crippen LogP contribution < -0.4 is 26.2 Å². The molecule has 0 saturated heterocycles. The van der Waals surface area contributed by atoms with Crippen LogP contribution in [-0.4, -0.2) is 15.8 Å². The van der Waals surface area contributed by atoms with Gasteiger partial charge in [0, 0.05) is 77.9 Å². The number of para-hydroxylation sites is 2. The van der Waals surface area contributed by atoms with Gasteiger partial charge in [0.2, 0.25) is 0 Å². The molecule has 0 fully saturated rings. The summed E-state index contributed by atoms with van der Waals surface area (Å²) in [7, 11) is 0. The first-order valence-corrected chi connectivity index (χ1v) is 42.8. The molecular weight excluding hydrogens is 1440 g/mol. The molecule has 5 heteroatoms. The van der Waals surface area contributed by atoms with Crippen LogP contribution in [0.15, 0.2) is 322 Å². The van der Waals surface area contributed by atoms with Crippen LogP contribution >= 0.6 is 0 Å². The summed E-state index contributed by atoms with van der Waals surface area (Å²) in [5.41, 5.74) is 38.0. The molecule has 4 nitrogen and oxygen atoms in total. The maximum atomic E-state index is 2.77. The van der Waals surface area contributed by atoms with Gasteiger partial charge in [0.15, 0.2) is 0 Å². The lowest BCUT2D eigenvalue weighted by atomic mass is 9.33. The minimum atomic E-state index is -0.304. The van der Waals surface area contributed by atoms with Crippen molar-refractivity contribution in [3.05, 3.63) is 355 Å². The molecule has 0 aliphatic carbocycles. The summed E-state index contributed by atoms with van der Waals surface area (Å²) in [6, 6.07) is 125. The standard InChI is InChI=1S/C114H107BN4/c1-109(2,3)79-52-57-98-93(65-79)94-66-80(110(4,5)6)53-58-99(94)117(98)86-54-56-96-102(71-86)119(108-91(74-41-28-21-29-42-74)69-84(114(16,17)18)70-92(108)75-43-30-22-31-44-75)104-63-78(87-48-36-50-100-105(87)88-47-34-35-49-97(88)116(100)85-45-32-23-33-46-85)62-103-106(104)115(96)95-55-51-76(77-59-81(111(7,8)9)64-82(60-77)112(10,11)12)61-101(95)118(103)107-89(72-37-24-19-25-38-72)67-83(113(13,14)15)68-90(107)73-39-26-20-27-40-73/h19-71H,1-18H3. The van der Waals surface area contributed by atoms with Gasteiger partial charge in [-0.2, -0.15) is 0 Å². The highest BCUT2D eigenvalue weighted by atomic mass is 15.2. The third-order valence-electron chi connectivity index (χ3n) is 25.6. The minimum Gasteiger partial charge on any atom is -0.310 e. The van der Waals surface area contributed by atoms with Crippen LogP contribution in [0.1, 0.15) is 158 Å². The van der Waals surface area contributed by atoms with Crippen molar-refractivity contribution in [1.82, 2.24) is 9.13 Å². The van der Waals surface area contributed by atoms with E-state index in [1.165, 1.54) is 93.5 Å². The second-order valence-corrected chi connectivity index (χ2v) is 39.8. The molecule has 119 heavy (non-hydrogen) atoms. The van der Waals surface area contributed by atoms with E-state index in [-0.39, 0.29) is 39.2 Å². The topological polar surface area (TPSA) is 16.3 Å². The number of hydrogen-bond acceptors (Lipinski definition) is 2. The third-order valence-corrected chi connectivity index (χ3v) is 25.6. The van der Waals surface area contributed by atoms with Gasteiger partial charge in [0.1, 0.15) is 0 Å². The van der Waals surface area contributed by atoms with Gasteiger partial charge < -0.3 is 18.9 Å². The predicted octanol–water partition coefficient (Wildman–Crippen LogP) is 29.8. The van der Waals surface area contributed by atoms with Crippen LogP contribution in [0.2, 0.25) is 0 Å².